The van der Waals surface area contributed by atoms with Crippen molar-refractivity contribution in [3.63, 3.8) is 0 Å². The lowest BCUT2D eigenvalue weighted by Crippen LogP contribution is -2.41. The lowest BCUT2D eigenvalue weighted by atomic mass is 9.73. The summed E-state index contributed by atoms with van der Waals surface area (Å²) in [7, 11) is 0. The highest BCUT2D eigenvalue weighted by Gasteiger charge is 2.39. The SMILES string of the molecule is CC1(C)C[C@H](Nc2nc(NCc3cncnc3OCCC(F)(F)F)ncc2C(F)(F)F)CC[C@@H]1O. The summed E-state index contributed by atoms with van der Waals surface area (Å²) in [5.41, 5.74) is -1.24. The van der Waals surface area contributed by atoms with E-state index in [0.717, 1.165) is 6.33 Å². The average Bonchev–Trinajstić information content (AvgIpc) is 2.74. The van der Waals surface area contributed by atoms with Crippen LogP contribution in [0, 0.1) is 5.41 Å². The molecule has 3 N–H and O–H groups in total. The molecule has 0 saturated heterocycles. The highest BCUT2D eigenvalue weighted by Crippen LogP contribution is 2.39. The Kier molecular flexibility index (Phi) is 7.92. The van der Waals surface area contributed by atoms with Crippen LogP contribution >= 0.6 is 0 Å². The highest BCUT2D eigenvalue weighted by atomic mass is 19.4. The Morgan fingerprint density at radius 3 is 2.51 bits per heavy atom. The molecule has 14 heteroatoms. The number of aliphatic hydroxyl groups excluding tert-OH is 1. The minimum absolute atomic E-state index is 0.0926. The molecule has 194 valence electrons. The summed E-state index contributed by atoms with van der Waals surface area (Å²) in [5.74, 6) is -0.635. The van der Waals surface area contributed by atoms with Crippen LogP contribution in [0.3, 0.4) is 0 Å². The van der Waals surface area contributed by atoms with Gasteiger partial charge in [0.15, 0.2) is 0 Å². The quantitative estimate of drug-likeness (QED) is 0.445. The molecule has 2 aromatic heterocycles. The second-order valence-corrected chi connectivity index (χ2v) is 9.00. The molecule has 0 unspecified atom stereocenters. The van der Waals surface area contributed by atoms with Gasteiger partial charge in [-0.25, -0.2) is 15.0 Å². The van der Waals surface area contributed by atoms with Crippen LogP contribution in [-0.4, -0.2) is 50.0 Å². The summed E-state index contributed by atoms with van der Waals surface area (Å²) in [4.78, 5) is 15.3. The first-order valence-electron chi connectivity index (χ1n) is 10.9. The van der Waals surface area contributed by atoms with E-state index in [-0.39, 0.29) is 30.0 Å². The van der Waals surface area contributed by atoms with Crippen LogP contribution in [0.2, 0.25) is 0 Å². The summed E-state index contributed by atoms with van der Waals surface area (Å²) >= 11 is 0. The molecule has 2 aromatic rings. The number of nitrogens with one attached hydrogen (secondary N) is 2. The van der Waals surface area contributed by atoms with E-state index in [1.165, 1.54) is 6.20 Å². The fourth-order valence-corrected chi connectivity index (χ4v) is 3.76. The fraction of sp³-hybridized carbons (Fsp3) is 0.619. The maximum atomic E-state index is 13.6. The van der Waals surface area contributed by atoms with E-state index >= 15 is 0 Å². The van der Waals surface area contributed by atoms with E-state index < -0.39 is 48.3 Å². The van der Waals surface area contributed by atoms with Crippen molar-refractivity contribution in [2.45, 2.75) is 70.6 Å². The van der Waals surface area contributed by atoms with E-state index in [1.54, 1.807) is 0 Å². The van der Waals surface area contributed by atoms with Crippen LogP contribution in [0.4, 0.5) is 38.1 Å². The molecule has 35 heavy (non-hydrogen) atoms. The van der Waals surface area contributed by atoms with Crippen LogP contribution in [0.1, 0.15) is 50.7 Å². The first-order valence-corrected chi connectivity index (χ1v) is 10.9. The molecule has 8 nitrogen and oxygen atoms in total. The fourth-order valence-electron chi connectivity index (χ4n) is 3.76. The molecular formula is C21H26F6N6O2. The van der Waals surface area contributed by atoms with Gasteiger partial charge in [-0.2, -0.15) is 31.3 Å². The van der Waals surface area contributed by atoms with Gasteiger partial charge in [0.1, 0.15) is 17.7 Å². The van der Waals surface area contributed by atoms with Crippen LogP contribution < -0.4 is 15.4 Å². The Hall–Kier alpha value is -2.90. The van der Waals surface area contributed by atoms with Gasteiger partial charge in [-0.05, 0) is 24.7 Å². The summed E-state index contributed by atoms with van der Waals surface area (Å²) in [6, 6.07) is -0.339. The van der Waals surface area contributed by atoms with E-state index in [4.69, 9.17) is 4.74 Å². The van der Waals surface area contributed by atoms with Crippen LogP contribution in [0.5, 0.6) is 5.88 Å². The molecule has 1 aliphatic carbocycles. The van der Waals surface area contributed by atoms with Crippen LogP contribution in [-0.2, 0) is 12.7 Å². The Morgan fingerprint density at radius 1 is 1.11 bits per heavy atom. The zero-order valence-corrected chi connectivity index (χ0v) is 19.0. The maximum absolute atomic E-state index is 13.6. The zero-order chi connectivity index (χ0) is 25.9. The van der Waals surface area contributed by atoms with Crippen molar-refractivity contribution in [2.75, 3.05) is 17.2 Å². The largest absolute Gasteiger partial charge is 0.477 e. The Bertz CT molecular complexity index is 1000. The number of anilines is 2. The number of hydrogen-bond acceptors (Lipinski definition) is 8. The third-order valence-corrected chi connectivity index (χ3v) is 5.71. The topological polar surface area (TPSA) is 105 Å². The molecule has 1 fully saturated rings. The first kappa shape index (κ1) is 26.7. The van der Waals surface area contributed by atoms with Crippen molar-refractivity contribution >= 4 is 11.8 Å². The lowest BCUT2D eigenvalue weighted by molar-refractivity contribution is -0.140. The number of alkyl halides is 6. The van der Waals surface area contributed by atoms with Crippen molar-refractivity contribution < 1.29 is 36.2 Å². The Labute approximate surface area is 197 Å². The highest BCUT2D eigenvalue weighted by molar-refractivity contribution is 5.49. The van der Waals surface area contributed by atoms with Crippen LogP contribution in [0.15, 0.2) is 18.7 Å². The van der Waals surface area contributed by atoms with Gasteiger partial charge in [0.05, 0.1) is 24.7 Å². The van der Waals surface area contributed by atoms with Crippen molar-refractivity contribution in [3.8, 4) is 5.88 Å². The number of rotatable bonds is 8. The standard InChI is InChI=1S/C21H26F6N6O2/c1-19(2)7-13(3-4-15(19)34)32-16-14(21(25,26)27)10-30-18(33-16)29-9-12-8-28-11-31-17(12)35-6-5-20(22,23)24/h8,10-11,13,15,34H,3-7,9H2,1-2H3,(H2,29,30,32,33)/t13-,15+/m1/s1. The minimum Gasteiger partial charge on any atom is -0.477 e. The predicted molar refractivity (Wildman–Crippen MR) is 114 cm³/mol. The lowest BCUT2D eigenvalue weighted by Gasteiger charge is -2.40. The molecule has 0 radical (unpaired) electrons. The molecule has 0 aliphatic heterocycles. The molecule has 0 spiro atoms. The monoisotopic (exact) mass is 508 g/mol. The van der Waals surface area contributed by atoms with Gasteiger partial charge in [0, 0.05) is 25.0 Å². The second kappa shape index (κ2) is 10.4. The van der Waals surface area contributed by atoms with Gasteiger partial charge in [-0.1, -0.05) is 13.8 Å². The van der Waals surface area contributed by atoms with Gasteiger partial charge >= 0.3 is 12.4 Å². The van der Waals surface area contributed by atoms with Gasteiger partial charge in [-0.15, -0.1) is 0 Å². The van der Waals surface area contributed by atoms with Crippen LogP contribution in [0.25, 0.3) is 0 Å². The predicted octanol–water partition coefficient (Wildman–Crippen LogP) is 4.58. The smallest absolute Gasteiger partial charge is 0.421 e. The molecule has 0 amide bonds. The number of hydrogen-bond donors (Lipinski definition) is 3. The van der Waals surface area contributed by atoms with Crippen molar-refractivity contribution in [2.24, 2.45) is 5.41 Å². The molecule has 2 atom stereocenters. The number of nitrogens with zero attached hydrogens (tertiary/aromatic N) is 4. The Balaban J connectivity index is 1.73. The van der Waals surface area contributed by atoms with Crippen molar-refractivity contribution in [1.29, 1.82) is 0 Å². The molecule has 0 bridgehead atoms. The minimum atomic E-state index is -4.70. The summed E-state index contributed by atoms with van der Waals surface area (Å²) < 4.78 is 82.9. The third kappa shape index (κ3) is 7.54. The zero-order valence-electron chi connectivity index (χ0n) is 19.0. The number of ether oxygens (including phenoxy) is 1. The van der Waals surface area contributed by atoms with Crippen molar-refractivity contribution in [3.05, 3.63) is 29.8 Å². The van der Waals surface area contributed by atoms with E-state index in [0.29, 0.717) is 25.5 Å². The molecular weight excluding hydrogens is 482 g/mol. The molecule has 3 rings (SSSR count). The molecule has 2 heterocycles. The third-order valence-electron chi connectivity index (χ3n) is 5.71. The van der Waals surface area contributed by atoms with Gasteiger partial charge < -0.3 is 20.5 Å². The van der Waals surface area contributed by atoms with Gasteiger partial charge in [0.25, 0.3) is 0 Å². The van der Waals surface area contributed by atoms with E-state index in [2.05, 4.69) is 30.6 Å². The summed E-state index contributed by atoms with van der Waals surface area (Å²) in [6.45, 7) is 2.94. The summed E-state index contributed by atoms with van der Waals surface area (Å²) in [5, 5.41) is 15.7. The summed E-state index contributed by atoms with van der Waals surface area (Å²) in [6.07, 6.45) is -6.40. The number of aliphatic hydroxyl groups is 1. The second-order valence-electron chi connectivity index (χ2n) is 9.00. The van der Waals surface area contributed by atoms with Gasteiger partial charge in [-0.3, -0.25) is 0 Å². The van der Waals surface area contributed by atoms with Crippen molar-refractivity contribution in [1.82, 2.24) is 19.9 Å². The number of halogens is 6. The first-order chi connectivity index (χ1) is 16.2. The maximum Gasteiger partial charge on any atom is 0.421 e. The van der Waals surface area contributed by atoms with Gasteiger partial charge in [0.2, 0.25) is 11.8 Å². The Morgan fingerprint density at radius 2 is 1.86 bits per heavy atom. The number of aromatic nitrogens is 4. The molecule has 1 aliphatic rings. The molecule has 1 saturated carbocycles. The normalized spacial score (nSPS) is 20.4. The average molecular weight is 508 g/mol. The van der Waals surface area contributed by atoms with E-state index in [9.17, 15) is 31.4 Å². The molecule has 0 aromatic carbocycles. The van der Waals surface area contributed by atoms with E-state index in [1.807, 2.05) is 13.8 Å².